The number of thiophene rings is 1. The quantitative estimate of drug-likeness (QED) is 0.737. The first-order valence-corrected chi connectivity index (χ1v) is 8.09. The van der Waals surface area contributed by atoms with Crippen LogP contribution in [0.15, 0.2) is 19.6 Å². The molecular weight excluding hydrogens is 342 g/mol. The van der Waals surface area contributed by atoms with Crippen molar-refractivity contribution in [1.29, 1.82) is 0 Å². The molecule has 0 saturated carbocycles. The summed E-state index contributed by atoms with van der Waals surface area (Å²) in [6.07, 6.45) is 0.683. The molecule has 2 heterocycles. The van der Waals surface area contributed by atoms with Gasteiger partial charge in [0, 0.05) is 10.9 Å². The van der Waals surface area contributed by atoms with E-state index in [1.54, 1.807) is 18.3 Å². The van der Waals surface area contributed by atoms with Gasteiger partial charge in [-0.15, -0.1) is 11.3 Å². The highest BCUT2D eigenvalue weighted by molar-refractivity contribution is 9.11. The summed E-state index contributed by atoms with van der Waals surface area (Å²) in [6.45, 7) is 6.24. The van der Waals surface area contributed by atoms with Gasteiger partial charge in [-0.2, -0.15) is 0 Å². The largest absolute Gasteiger partial charge is 0.460 e. The van der Waals surface area contributed by atoms with Crippen molar-refractivity contribution < 1.29 is 13.9 Å². The monoisotopic (exact) mass is 357 g/mol. The van der Waals surface area contributed by atoms with Gasteiger partial charge < -0.3 is 9.15 Å². The number of oxazole rings is 1. The van der Waals surface area contributed by atoms with E-state index in [2.05, 4.69) is 34.8 Å². The van der Waals surface area contributed by atoms with Crippen molar-refractivity contribution in [1.82, 2.24) is 4.98 Å². The lowest BCUT2D eigenvalue weighted by molar-refractivity contribution is 0.0489. The Morgan fingerprint density at radius 1 is 1.55 bits per heavy atom. The molecule has 0 atom stereocenters. The lowest BCUT2D eigenvalue weighted by Gasteiger charge is -2.02. The Hall–Kier alpha value is -1.14. The highest BCUT2D eigenvalue weighted by Crippen LogP contribution is 2.30. The van der Waals surface area contributed by atoms with Gasteiger partial charge in [-0.3, -0.25) is 0 Å². The topological polar surface area (TPSA) is 52.3 Å². The fourth-order valence-corrected chi connectivity index (χ4v) is 2.91. The fraction of sp³-hybridized carbons (Fsp3) is 0.429. The zero-order valence-electron chi connectivity index (χ0n) is 11.6. The molecule has 6 heteroatoms. The summed E-state index contributed by atoms with van der Waals surface area (Å²) in [5, 5.41) is 1.93. The number of esters is 1. The van der Waals surface area contributed by atoms with Crippen LogP contribution in [0, 0.1) is 5.92 Å². The molecule has 2 aromatic heterocycles. The Morgan fingerprint density at radius 2 is 2.30 bits per heavy atom. The minimum Gasteiger partial charge on any atom is -0.460 e. The molecule has 0 N–H and O–H groups in total. The predicted octanol–water partition coefficient (Wildman–Crippen LogP) is 4.54. The second-order valence-electron chi connectivity index (χ2n) is 4.75. The molecule has 0 aliphatic rings. The SMILES string of the molecule is CCOC(=O)c1oc(-c2csc(Br)c2)nc1CC(C)C. The Morgan fingerprint density at radius 3 is 2.85 bits per heavy atom. The molecule has 108 valence electrons. The van der Waals surface area contributed by atoms with Crippen LogP contribution < -0.4 is 0 Å². The minimum atomic E-state index is -0.448. The maximum atomic E-state index is 11.9. The first-order valence-electron chi connectivity index (χ1n) is 6.42. The van der Waals surface area contributed by atoms with Gasteiger partial charge in [0.25, 0.3) is 0 Å². The first kappa shape index (κ1) is 15.3. The third kappa shape index (κ3) is 3.49. The summed E-state index contributed by atoms with van der Waals surface area (Å²) in [5.41, 5.74) is 1.53. The van der Waals surface area contributed by atoms with Crippen molar-refractivity contribution >= 4 is 33.2 Å². The summed E-state index contributed by atoms with van der Waals surface area (Å²) in [5.74, 6) is 0.620. The predicted molar refractivity (Wildman–Crippen MR) is 82.0 cm³/mol. The van der Waals surface area contributed by atoms with Crippen molar-refractivity contribution in [2.45, 2.75) is 27.2 Å². The van der Waals surface area contributed by atoms with Gasteiger partial charge in [-0.05, 0) is 41.3 Å². The zero-order chi connectivity index (χ0) is 14.7. The Kier molecular flexibility index (Phi) is 4.99. The summed E-state index contributed by atoms with van der Waals surface area (Å²) in [7, 11) is 0. The molecule has 0 spiro atoms. The van der Waals surface area contributed by atoms with E-state index in [0.717, 1.165) is 9.35 Å². The second kappa shape index (κ2) is 6.54. The van der Waals surface area contributed by atoms with Crippen LogP contribution >= 0.6 is 27.3 Å². The molecule has 2 rings (SSSR count). The van der Waals surface area contributed by atoms with Gasteiger partial charge in [0.05, 0.1) is 16.1 Å². The number of carbonyl (C=O) groups excluding carboxylic acids is 1. The van der Waals surface area contributed by atoms with Crippen LogP contribution in [0.1, 0.15) is 37.0 Å². The van der Waals surface area contributed by atoms with Gasteiger partial charge >= 0.3 is 5.97 Å². The molecule has 0 fully saturated rings. The van der Waals surface area contributed by atoms with Gasteiger partial charge in [0.15, 0.2) is 0 Å². The van der Waals surface area contributed by atoms with E-state index in [1.807, 2.05) is 11.4 Å². The summed E-state index contributed by atoms with van der Waals surface area (Å²) in [6, 6.07) is 1.92. The number of halogens is 1. The Balaban J connectivity index is 2.38. The number of hydrogen-bond acceptors (Lipinski definition) is 5. The van der Waals surface area contributed by atoms with E-state index in [4.69, 9.17) is 9.15 Å². The molecule has 0 unspecified atom stereocenters. The van der Waals surface area contributed by atoms with Gasteiger partial charge in [-0.25, -0.2) is 9.78 Å². The van der Waals surface area contributed by atoms with Gasteiger partial charge in [0.1, 0.15) is 0 Å². The molecule has 0 aliphatic heterocycles. The maximum Gasteiger partial charge on any atom is 0.376 e. The minimum absolute atomic E-state index is 0.220. The summed E-state index contributed by atoms with van der Waals surface area (Å²) >= 11 is 4.95. The molecule has 2 aromatic rings. The molecule has 0 amide bonds. The molecule has 0 aliphatic carbocycles. The van der Waals surface area contributed by atoms with E-state index < -0.39 is 5.97 Å². The lowest BCUT2D eigenvalue weighted by Crippen LogP contribution is -2.08. The van der Waals surface area contributed by atoms with E-state index in [-0.39, 0.29) is 5.76 Å². The third-order valence-electron chi connectivity index (χ3n) is 2.57. The third-order valence-corrected chi connectivity index (χ3v) is 4.08. The fourth-order valence-electron chi connectivity index (χ4n) is 1.78. The van der Waals surface area contributed by atoms with E-state index in [1.165, 1.54) is 0 Å². The van der Waals surface area contributed by atoms with Crippen LogP contribution in [-0.2, 0) is 11.2 Å². The van der Waals surface area contributed by atoms with Crippen molar-refractivity contribution in [3.8, 4) is 11.5 Å². The van der Waals surface area contributed by atoms with E-state index in [0.29, 0.717) is 30.5 Å². The number of ether oxygens (including phenoxy) is 1. The maximum absolute atomic E-state index is 11.9. The van der Waals surface area contributed by atoms with Crippen LogP contribution in [-0.4, -0.2) is 17.6 Å². The molecule has 20 heavy (non-hydrogen) atoms. The van der Waals surface area contributed by atoms with Crippen LogP contribution in [0.2, 0.25) is 0 Å². The number of hydrogen-bond donors (Lipinski definition) is 0. The van der Waals surface area contributed by atoms with Crippen LogP contribution in [0.5, 0.6) is 0 Å². The molecule has 0 aromatic carbocycles. The zero-order valence-corrected chi connectivity index (χ0v) is 14.0. The summed E-state index contributed by atoms with van der Waals surface area (Å²) in [4.78, 5) is 16.4. The molecular formula is C14H16BrNO3S. The van der Waals surface area contributed by atoms with Crippen LogP contribution in [0.25, 0.3) is 11.5 Å². The smallest absolute Gasteiger partial charge is 0.376 e. The Bertz CT molecular complexity index is 603. The van der Waals surface area contributed by atoms with Crippen molar-refractivity contribution in [3.05, 3.63) is 26.7 Å². The van der Waals surface area contributed by atoms with Crippen molar-refractivity contribution in [3.63, 3.8) is 0 Å². The highest BCUT2D eigenvalue weighted by Gasteiger charge is 2.23. The first-order chi connectivity index (χ1) is 9.51. The van der Waals surface area contributed by atoms with E-state index in [9.17, 15) is 4.79 Å². The van der Waals surface area contributed by atoms with Crippen molar-refractivity contribution in [2.24, 2.45) is 5.92 Å². The second-order valence-corrected chi connectivity index (χ2v) is 7.04. The lowest BCUT2D eigenvalue weighted by atomic mass is 10.1. The number of rotatable bonds is 5. The van der Waals surface area contributed by atoms with Gasteiger partial charge in [-0.1, -0.05) is 13.8 Å². The number of nitrogens with zero attached hydrogens (tertiary/aromatic N) is 1. The standard InChI is InChI=1S/C14H16BrNO3S/c1-4-18-14(17)12-10(5-8(2)3)16-13(19-12)9-6-11(15)20-7-9/h6-8H,4-5H2,1-3H3. The van der Waals surface area contributed by atoms with Crippen LogP contribution in [0.4, 0.5) is 0 Å². The molecule has 0 bridgehead atoms. The molecule has 0 saturated heterocycles. The molecule has 4 nitrogen and oxygen atoms in total. The average molecular weight is 358 g/mol. The van der Waals surface area contributed by atoms with Crippen molar-refractivity contribution in [2.75, 3.05) is 6.61 Å². The number of aromatic nitrogens is 1. The van der Waals surface area contributed by atoms with Gasteiger partial charge in [0.2, 0.25) is 11.7 Å². The summed E-state index contributed by atoms with van der Waals surface area (Å²) < 4.78 is 11.6. The van der Waals surface area contributed by atoms with E-state index >= 15 is 0 Å². The normalized spacial score (nSPS) is 11.1. The van der Waals surface area contributed by atoms with Crippen LogP contribution in [0.3, 0.4) is 0 Å². The Labute approximate surface area is 130 Å². The average Bonchev–Trinajstić information content (AvgIpc) is 2.95. The molecule has 0 radical (unpaired) electrons. The highest BCUT2D eigenvalue weighted by atomic mass is 79.9. The number of carbonyl (C=O) groups is 1.